The highest BCUT2D eigenvalue weighted by atomic mass is 19.1. The van der Waals surface area contributed by atoms with Crippen molar-refractivity contribution in [1.29, 1.82) is 0 Å². The summed E-state index contributed by atoms with van der Waals surface area (Å²) in [6.07, 6.45) is 3.48. The largest absolute Gasteiger partial charge is 0.490 e. The van der Waals surface area contributed by atoms with Crippen molar-refractivity contribution >= 4 is 17.7 Å². The Hall–Kier alpha value is -3.39. The minimum Gasteiger partial charge on any atom is -0.490 e. The first-order valence-corrected chi connectivity index (χ1v) is 14.5. The SMILES string of the molecule is C=CCN1Cc2c(F)c(C)c(C(=O)Oc3ccccc3)c(OCCCC)c2N(C(=O)OC(C)(C)C)C[C@H]1CC(C)C. The highest BCUT2D eigenvalue weighted by Crippen LogP contribution is 2.44. The molecular formula is C33H45FN2O5. The van der Waals surface area contributed by atoms with Gasteiger partial charge in [0.2, 0.25) is 0 Å². The van der Waals surface area contributed by atoms with E-state index in [-0.39, 0.29) is 53.9 Å². The number of fused-ring (bicyclic) bond motifs is 1. The normalized spacial score (nSPS) is 15.7. The Balaban J connectivity index is 2.30. The second-order valence-corrected chi connectivity index (χ2v) is 12.0. The third-order valence-corrected chi connectivity index (χ3v) is 6.86. The van der Waals surface area contributed by atoms with E-state index in [0.29, 0.717) is 24.6 Å². The van der Waals surface area contributed by atoms with Gasteiger partial charge < -0.3 is 14.2 Å². The molecule has 1 aliphatic rings. The summed E-state index contributed by atoms with van der Waals surface area (Å²) in [7, 11) is 0. The third-order valence-electron chi connectivity index (χ3n) is 6.86. The van der Waals surface area contributed by atoms with Gasteiger partial charge in [0.1, 0.15) is 22.7 Å². The lowest BCUT2D eigenvalue weighted by atomic mass is 9.98. The number of anilines is 1. The molecule has 1 amide bonds. The summed E-state index contributed by atoms with van der Waals surface area (Å²) >= 11 is 0. The lowest BCUT2D eigenvalue weighted by Gasteiger charge is -2.33. The number of carbonyl (C=O) groups is 2. The van der Waals surface area contributed by atoms with Crippen molar-refractivity contribution in [3.8, 4) is 11.5 Å². The van der Waals surface area contributed by atoms with Gasteiger partial charge in [0.15, 0.2) is 5.75 Å². The molecule has 0 aliphatic carbocycles. The van der Waals surface area contributed by atoms with Crippen LogP contribution in [0.4, 0.5) is 14.9 Å². The number of hydrogen-bond acceptors (Lipinski definition) is 6. The van der Waals surface area contributed by atoms with Crippen molar-refractivity contribution in [2.24, 2.45) is 5.92 Å². The molecule has 8 heteroatoms. The summed E-state index contributed by atoms with van der Waals surface area (Å²) < 4.78 is 34.3. The van der Waals surface area contributed by atoms with E-state index in [4.69, 9.17) is 14.2 Å². The second kappa shape index (κ2) is 14.0. The van der Waals surface area contributed by atoms with Gasteiger partial charge in [-0.15, -0.1) is 6.58 Å². The van der Waals surface area contributed by atoms with Crippen LogP contribution in [0.5, 0.6) is 11.5 Å². The summed E-state index contributed by atoms with van der Waals surface area (Å²) in [4.78, 5) is 31.1. The number of ether oxygens (including phenoxy) is 3. The van der Waals surface area contributed by atoms with Gasteiger partial charge in [0.05, 0.1) is 12.3 Å². The van der Waals surface area contributed by atoms with Crippen molar-refractivity contribution in [3.05, 3.63) is 65.5 Å². The van der Waals surface area contributed by atoms with Gasteiger partial charge in [-0.3, -0.25) is 9.80 Å². The van der Waals surface area contributed by atoms with Crippen LogP contribution in [0.15, 0.2) is 43.0 Å². The van der Waals surface area contributed by atoms with Crippen LogP contribution in [0.25, 0.3) is 0 Å². The molecule has 3 rings (SSSR count). The van der Waals surface area contributed by atoms with Crippen molar-refractivity contribution < 1.29 is 28.2 Å². The fraction of sp³-hybridized carbons (Fsp3) is 0.515. The molecule has 0 N–H and O–H groups in total. The van der Waals surface area contributed by atoms with Gasteiger partial charge in [-0.05, 0) is 58.6 Å². The summed E-state index contributed by atoms with van der Waals surface area (Å²) in [6.45, 7) is 18.3. The predicted octanol–water partition coefficient (Wildman–Crippen LogP) is 7.69. The van der Waals surface area contributed by atoms with Crippen LogP contribution in [0.1, 0.15) is 82.3 Å². The average molecular weight is 569 g/mol. The number of amides is 1. The average Bonchev–Trinajstić information content (AvgIpc) is 3.04. The van der Waals surface area contributed by atoms with E-state index >= 15 is 4.39 Å². The number of benzene rings is 2. The smallest absolute Gasteiger partial charge is 0.414 e. The number of hydrogen-bond donors (Lipinski definition) is 0. The summed E-state index contributed by atoms with van der Waals surface area (Å²) in [5.74, 6) is -0.544. The maximum atomic E-state index is 16.5. The lowest BCUT2D eigenvalue weighted by molar-refractivity contribution is 0.0565. The summed E-state index contributed by atoms with van der Waals surface area (Å²) in [5.41, 5.74) is -0.212. The monoisotopic (exact) mass is 568 g/mol. The summed E-state index contributed by atoms with van der Waals surface area (Å²) in [6, 6.07) is 8.50. The van der Waals surface area contributed by atoms with Crippen LogP contribution in [0.2, 0.25) is 0 Å². The highest BCUT2D eigenvalue weighted by Gasteiger charge is 2.40. The van der Waals surface area contributed by atoms with E-state index in [2.05, 4.69) is 25.3 Å². The fourth-order valence-corrected chi connectivity index (χ4v) is 5.03. The quantitative estimate of drug-likeness (QED) is 0.127. The molecule has 2 aromatic carbocycles. The number of nitrogens with zero attached hydrogens (tertiary/aromatic N) is 2. The van der Waals surface area contributed by atoms with Crippen LogP contribution in [0.3, 0.4) is 0 Å². The molecule has 0 fully saturated rings. The van der Waals surface area contributed by atoms with E-state index in [1.165, 1.54) is 4.90 Å². The van der Waals surface area contributed by atoms with E-state index in [1.54, 1.807) is 58.0 Å². The molecule has 1 atom stereocenters. The van der Waals surface area contributed by atoms with Crippen LogP contribution >= 0.6 is 0 Å². The number of halogens is 1. The third kappa shape index (κ3) is 8.09. The van der Waals surface area contributed by atoms with Gasteiger partial charge >= 0.3 is 12.1 Å². The van der Waals surface area contributed by atoms with Gasteiger partial charge in [-0.25, -0.2) is 14.0 Å². The number of para-hydroxylation sites is 1. The molecule has 0 aromatic heterocycles. The van der Waals surface area contributed by atoms with E-state index < -0.39 is 23.5 Å². The van der Waals surface area contributed by atoms with Crippen LogP contribution < -0.4 is 14.4 Å². The van der Waals surface area contributed by atoms with Crippen molar-refractivity contribution in [2.45, 2.75) is 85.9 Å². The predicted molar refractivity (Wildman–Crippen MR) is 160 cm³/mol. The Labute approximate surface area is 244 Å². The van der Waals surface area contributed by atoms with Crippen molar-refractivity contribution in [3.63, 3.8) is 0 Å². The van der Waals surface area contributed by atoms with Gasteiger partial charge in [-0.1, -0.05) is 51.5 Å². The molecule has 224 valence electrons. The molecule has 1 aliphatic heterocycles. The van der Waals surface area contributed by atoms with Gasteiger partial charge in [0.25, 0.3) is 0 Å². The Morgan fingerprint density at radius 1 is 1.20 bits per heavy atom. The van der Waals surface area contributed by atoms with Gasteiger partial charge in [-0.2, -0.15) is 0 Å². The second-order valence-electron chi connectivity index (χ2n) is 12.0. The molecule has 2 aromatic rings. The molecule has 0 unspecified atom stereocenters. The molecule has 0 radical (unpaired) electrons. The summed E-state index contributed by atoms with van der Waals surface area (Å²) in [5, 5.41) is 0. The minimum absolute atomic E-state index is 0.0349. The lowest BCUT2D eigenvalue weighted by Crippen LogP contribution is -2.46. The Kier molecular flexibility index (Phi) is 11.0. The number of carbonyl (C=O) groups excluding carboxylic acids is 2. The number of rotatable bonds is 10. The minimum atomic E-state index is -0.792. The van der Waals surface area contributed by atoms with Crippen LogP contribution in [0, 0.1) is 18.7 Å². The van der Waals surface area contributed by atoms with Crippen molar-refractivity contribution in [2.75, 3.05) is 24.6 Å². The number of unbranched alkanes of at least 4 members (excludes halogenated alkanes) is 1. The zero-order valence-electron chi connectivity index (χ0n) is 25.6. The maximum absolute atomic E-state index is 16.5. The van der Waals surface area contributed by atoms with Gasteiger partial charge in [0, 0.05) is 36.8 Å². The first-order chi connectivity index (χ1) is 19.4. The molecule has 0 saturated heterocycles. The van der Waals surface area contributed by atoms with Crippen molar-refractivity contribution in [1.82, 2.24) is 4.90 Å². The Morgan fingerprint density at radius 2 is 1.88 bits per heavy atom. The highest BCUT2D eigenvalue weighted by molar-refractivity contribution is 6.01. The standard InChI is InChI=1S/C33H45FN2O5/c1-9-11-18-39-30-27(31(37)40-25-15-13-12-14-16-25)23(5)28(34)26-21-35(17-10-2)24(19-22(3)4)20-36(29(26)30)32(38)41-33(6,7)8/h10,12-16,22,24H,2,9,11,17-21H2,1,3-8H3/t24-/m1/s1. The Morgan fingerprint density at radius 3 is 2.46 bits per heavy atom. The topological polar surface area (TPSA) is 68.3 Å². The van der Waals surface area contributed by atoms with E-state index in [0.717, 1.165) is 12.8 Å². The van der Waals surface area contributed by atoms with Crippen LogP contribution in [-0.2, 0) is 11.3 Å². The molecule has 0 spiro atoms. The fourth-order valence-electron chi connectivity index (χ4n) is 5.03. The molecule has 1 heterocycles. The molecule has 41 heavy (non-hydrogen) atoms. The van der Waals surface area contributed by atoms with E-state index in [1.807, 2.05) is 13.0 Å². The number of esters is 1. The first-order valence-electron chi connectivity index (χ1n) is 14.5. The molecule has 0 bridgehead atoms. The first kappa shape index (κ1) is 32.1. The Bertz CT molecular complexity index is 1220. The molecular weight excluding hydrogens is 523 g/mol. The zero-order chi connectivity index (χ0) is 30.3. The van der Waals surface area contributed by atoms with Crippen LogP contribution in [-0.4, -0.2) is 48.3 Å². The zero-order valence-corrected chi connectivity index (χ0v) is 25.6. The molecule has 0 saturated carbocycles. The maximum Gasteiger partial charge on any atom is 0.414 e. The molecule has 7 nitrogen and oxygen atoms in total. The van der Waals surface area contributed by atoms with E-state index in [9.17, 15) is 9.59 Å².